The van der Waals surface area contributed by atoms with Crippen molar-refractivity contribution in [2.24, 2.45) is 7.05 Å². The zero-order chi connectivity index (χ0) is 19.0. The van der Waals surface area contributed by atoms with Gasteiger partial charge in [0.2, 0.25) is 5.91 Å². The van der Waals surface area contributed by atoms with Crippen LogP contribution in [-0.2, 0) is 18.3 Å². The average molecular weight is 363 g/mol. The van der Waals surface area contributed by atoms with Crippen molar-refractivity contribution in [3.05, 3.63) is 69.8 Å². The van der Waals surface area contributed by atoms with Gasteiger partial charge < -0.3 is 14.5 Å². The fourth-order valence-electron chi connectivity index (χ4n) is 4.11. The summed E-state index contributed by atoms with van der Waals surface area (Å²) in [6.07, 6.45) is 4.08. The number of fused-ring (bicyclic) bond motifs is 1. The standard InChI is InChI=1S/C22H25N3O2/c1-15-19(18-5-3-4-6-20(18)23-15)14-22(27)25-11-8-16(9-12-25)17-7-10-24(2)21(26)13-17/h3-7,10,13,16,23H,8-9,11-12,14H2,1-2H3. The minimum atomic E-state index is 0.0285. The van der Waals surface area contributed by atoms with Crippen molar-refractivity contribution in [1.82, 2.24) is 14.5 Å². The molecule has 0 unspecified atom stereocenters. The highest BCUT2D eigenvalue weighted by atomic mass is 16.2. The van der Waals surface area contributed by atoms with E-state index in [1.807, 2.05) is 42.3 Å². The maximum atomic E-state index is 12.9. The van der Waals surface area contributed by atoms with E-state index in [1.165, 1.54) is 0 Å². The molecule has 0 atom stereocenters. The van der Waals surface area contributed by atoms with Gasteiger partial charge in [-0.2, -0.15) is 0 Å². The Bertz CT molecular complexity index is 1040. The molecular formula is C22H25N3O2. The van der Waals surface area contributed by atoms with E-state index in [-0.39, 0.29) is 11.5 Å². The molecule has 0 spiro atoms. The number of piperidine rings is 1. The second-order valence-corrected chi connectivity index (χ2v) is 7.52. The Morgan fingerprint density at radius 2 is 1.93 bits per heavy atom. The average Bonchev–Trinajstić information content (AvgIpc) is 2.99. The van der Waals surface area contributed by atoms with E-state index < -0.39 is 0 Å². The zero-order valence-electron chi connectivity index (χ0n) is 15.9. The van der Waals surface area contributed by atoms with Gasteiger partial charge in [0, 0.05) is 49.0 Å². The molecule has 5 nitrogen and oxygen atoms in total. The maximum Gasteiger partial charge on any atom is 0.250 e. The Hall–Kier alpha value is -2.82. The number of nitrogens with zero attached hydrogens (tertiary/aromatic N) is 2. The number of likely N-dealkylation sites (tertiary alicyclic amines) is 1. The largest absolute Gasteiger partial charge is 0.358 e. The van der Waals surface area contributed by atoms with E-state index in [0.717, 1.165) is 53.7 Å². The summed E-state index contributed by atoms with van der Waals surface area (Å²) in [7, 11) is 1.76. The number of H-pyrrole nitrogens is 1. The summed E-state index contributed by atoms with van der Waals surface area (Å²) in [5.74, 6) is 0.544. The summed E-state index contributed by atoms with van der Waals surface area (Å²) in [6, 6.07) is 11.9. The Morgan fingerprint density at radius 3 is 2.67 bits per heavy atom. The third kappa shape index (κ3) is 3.42. The second-order valence-electron chi connectivity index (χ2n) is 7.52. The third-order valence-corrected chi connectivity index (χ3v) is 5.80. The molecule has 1 aliphatic rings. The number of carbonyl (C=O) groups excluding carboxylic acids is 1. The second kappa shape index (κ2) is 7.06. The smallest absolute Gasteiger partial charge is 0.250 e. The Labute approximate surface area is 158 Å². The van der Waals surface area contributed by atoms with E-state index in [4.69, 9.17) is 0 Å². The summed E-state index contributed by atoms with van der Waals surface area (Å²) in [5.41, 5.74) is 4.38. The maximum absolute atomic E-state index is 12.9. The third-order valence-electron chi connectivity index (χ3n) is 5.80. The van der Waals surface area contributed by atoms with Gasteiger partial charge in [0.05, 0.1) is 6.42 Å². The van der Waals surface area contributed by atoms with Gasteiger partial charge >= 0.3 is 0 Å². The molecule has 1 aromatic carbocycles. The van der Waals surface area contributed by atoms with Gasteiger partial charge in [-0.1, -0.05) is 18.2 Å². The number of para-hydroxylation sites is 1. The molecule has 1 N–H and O–H groups in total. The van der Waals surface area contributed by atoms with Crippen LogP contribution in [0.25, 0.3) is 10.9 Å². The summed E-state index contributed by atoms with van der Waals surface area (Å²) in [4.78, 5) is 30.1. The number of aromatic amines is 1. The van der Waals surface area contributed by atoms with Crippen molar-refractivity contribution in [1.29, 1.82) is 0 Å². The van der Waals surface area contributed by atoms with Crippen molar-refractivity contribution in [3.8, 4) is 0 Å². The molecule has 27 heavy (non-hydrogen) atoms. The van der Waals surface area contributed by atoms with E-state index in [9.17, 15) is 9.59 Å². The number of aryl methyl sites for hydroxylation is 2. The summed E-state index contributed by atoms with van der Waals surface area (Å²) in [5, 5.41) is 1.14. The SMILES string of the molecule is Cc1[nH]c2ccccc2c1CC(=O)N1CCC(c2ccn(C)c(=O)c2)CC1. The molecule has 0 bridgehead atoms. The molecule has 1 fully saturated rings. The molecule has 2 aromatic heterocycles. The highest BCUT2D eigenvalue weighted by Gasteiger charge is 2.25. The quantitative estimate of drug-likeness (QED) is 0.777. The van der Waals surface area contributed by atoms with Gasteiger partial charge in [-0.15, -0.1) is 0 Å². The van der Waals surface area contributed by atoms with Crippen LogP contribution in [0.4, 0.5) is 0 Å². The Morgan fingerprint density at radius 1 is 1.19 bits per heavy atom. The van der Waals surface area contributed by atoms with Crippen LogP contribution in [-0.4, -0.2) is 33.4 Å². The summed E-state index contributed by atoms with van der Waals surface area (Å²) < 4.78 is 1.59. The highest BCUT2D eigenvalue weighted by Crippen LogP contribution is 2.28. The molecular weight excluding hydrogens is 338 g/mol. The van der Waals surface area contributed by atoms with Crippen LogP contribution in [0.2, 0.25) is 0 Å². The molecule has 140 valence electrons. The van der Waals surface area contributed by atoms with Crippen molar-refractivity contribution in [2.75, 3.05) is 13.1 Å². The first-order chi connectivity index (χ1) is 13.0. The molecule has 0 saturated carbocycles. The molecule has 1 amide bonds. The number of rotatable bonds is 3. The van der Waals surface area contributed by atoms with Crippen molar-refractivity contribution in [3.63, 3.8) is 0 Å². The van der Waals surface area contributed by atoms with Crippen LogP contribution in [0.3, 0.4) is 0 Å². The van der Waals surface area contributed by atoms with E-state index >= 15 is 0 Å². The molecule has 3 heterocycles. The molecule has 1 aliphatic heterocycles. The van der Waals surface area contributed by atoms with E-state index in [2.05, 4.69) is 11.1 Å². The number of pyridine rings is 1. The number of nitrogens with one attached hydrogen (secondary N) is 1. The zero-order valence-corrected chi connectivity index (χ0v) is 15.9. The normalized spacial score (nSPS) is 15.4. The minimum absolute atomic E-state index is 0.0285. The minimum Gasteiger partial charge on any atom is -0.358 e. The molecule has 5 heteroatoms. The highest BCUT2D eigenvalue weighted by molar-refractivity contribution is 5.90. The van der Waals surface area contributed by atoms with E-state index in [1.54, 1.807) is 17.7 Å². The van der Waals surface area contributed by atoms with Crippen molar-refractivity contribution >= 4 is 16.8 Å². The summed E-state index contributed by atoms with van der Waals surface area (Å²) in [6.45, 7) is 3.53. The van der Waals surface area contributed by atoms with Gasteiger partial charge in [0.25, 0.3) is 5.56 Å². The van der Waals surface area contributed by atoms with Crippen molar-refractivity contribution in [2.45, 2.75) is 32.1 Å². The molecule has 4 rings (SSSR count). The lowest BCUT2D eigenvalue weighted by molar-refractivity contribution is -0.131. The summed E-state index contributed by atoms with van der Waals surface area (Å²) >= 11 is 0. The molecule has 0 radical (unpaired) electrons. The fourth-order valence-corrected chi connectivity index (χ4v) is 4.11. The predicted octanol–water partition coefficient (Wildman–Crippen LogP) is 3.12. The van der Waals surface area contributed by atoms with Gasteiger partial charge in [0.1, 0.15) is 0 Å². The van der Waals surface area contributed by atoms with Crippen LogP contribution >= 0.6 is 0 Å². The van der Waals surface area contributed by atoms with Crippen LogP contribution < -0.4 is 5.56 Å². The lowest BCUT2D eigenvalue weighted by Crippen LogP contribution is -2.39. The van der Waals surface area contributed by atoms with Crippen LogP contribution in [0.1, 0.15) is 35.6 Å². The first-order valence-corrected chi connectivity index (χ1v) is 9.53. The Balaban J connectivity index is 1.43. The number of benzene rings is 1. The number of hydrogen-bond acceptors (Lipinski definition) is 2. The fraction of sp³-hybridized carbons (Fsp3) is 0.364. The Kier molecular flexibility index (Phi) is 4.60. The molecule has 3 aromatic rings. The van der Waals surface area contributed by atoms with Crippen LogP contribution in [0, 0.1) is 6.92 Å². The van der Waals surface area contributed by atoms with Gasteiger partial charge in [-0.3, -0.25) is 9.59 Å². The first-order valence-electron chi connectivity index (χ1n) is 9.53. The number of carbonyl (C=O) groups is 1. The monoisotopic (exact) mass is 363 g/mol. The van der Waals surface area contributed by atoms with E-state index in [0.29, 0.717) is 12.3 Å². The van der Waals surface area contributed by atoms with Gasteiger partial charge in [0.15, 0.2) is 0 Å². The molecule has 1 saturated heterocycles. The number of amides is 1. The van der Waals surface area contributed by atoms with Crippen LogP contribution in [0.5, 0.6) is 0 Å². The first kappa shape index (κ1) is 17.6. The predicted molar refractivity (Wildman–Crippen MR) is 107 cm³/mol. The number of aromatic nitrogens is 2. The topological polar surface area (TPSA) is 58.1 Å². The van der Waals surface area contributed by atoms with Gasteiger partial charge in [-0.25, -0.2) is 0 Å². The molecule has 0 aliphatic carbocycles. The van der Waals surface area contributed by atoms with Crippen LogP contribution in [0.15, 0.2) is 47.4 Å². The lowest BCUT2D eigenvalue weighted by atomic mass is 9.90. The number of hydrogen-bond donors (Lipinski definition) is 1. The van der Waals surface area contributed by atoms with Gasteiger partial charge in [-0.05, 0) is 48.9 Å². The lowest BCUT2D eigenvalue weighted by Gasteiger charge is -2.32. The van der Waals surface area contributed by atoms with Crippen molar-refractivity contribution < 1.29 is 4.79 Å².